The van der Waals surface area contributed by atoms with Gasteiger partial charge in [0, 0.05) is 12.6 Å². The molecule has 0 aromatic heterocycles. The number of hydrogen-bond donors (Lipinski definition) is 2. The summed E-state index contributed by atoms with van der Waals surface area (Å²) in [6.07, 6.45) is -5.62. The fourth-order valence-electron chi connectivity index (χ4n) is 1.69. The van der Waals surface area contributed by atoms with E-state index in [4.69, 9.17) is 5.11 Å². The van der Waals surface area contributed by atoms with Crippen LogP contribution in [-0.2, 0) is 0 Å². The standard InChI is InChI=1S/C9H15F4NO/c10-6-3-1-2-4-7(6)14-5-8(15)9(11,12)13/h6-8,14-15H,1-5H2/t6-,7-,8?/m1/s1. The molecule has 3 atom stereocenters. The van der Waals surface area contributed by atoms with Crippen LogP contribution in [0.5, 0.6) is 0 Å². The maximum atomic E-state index is 13.2. The molecule has 1 aliphatic carbocycles. The summed E-state index contributed by atoms with van der Waals surface area (Å²) in [5.74, 6) is 0. The normalized spacial score (nSPS) is 30.2. The number of aliphatic hydroxyl groups is 1. The Morgan fingerprint density at radius 2 is 1.87 bits per heavy atom. The summed E-state index contributed by atoms with van der Waals surface area (Å²) in [6, 6.07) is -0.546. The summed E-state index contributed by atoms with van der Waals surface area (Å²) >= 11 is 0. The second-order valence-electron chi connectivity index (χ2n) is 3.87. The fourth-order valence-corrected chi connectivity index (χ4v) is 1.69. The monoisotopic (exact) mass is 229 g/mol. The number of aliphatic hydroxyl groups excluding tert-OH is 1. The third kappa shape index (κ3) is 3.95. The molecular weight excluding hydrogens is 214 g/mol. The lowest BCUT2D eigenvalue weighted by Crippen LogP contribution is -2.46. The molecule has 0 amide bonds. The van der Waals surface area contributed by atoms with Gasteiger partial charge in [-0.1, -0.05) is 12.8 Å². The maximum Gasteiger partial charge on any atom is 0.415 e. The van der Waals surface area contributed by atoms with E-state index in [0.29, 0.717) is 12.8 Å². The highest BCUT2D eigenvalue weighted by atomic mass is 19.4. The molecule has 2 nitrogen and oxygen atoms in total. The second kappa shape index (κ2) is 5.12. The first kappa shape index (κ1) is 12.7. The molecule has 0 heterocycles. The minimum absolute atomic E-state index is 0.389. The van der Waals surface area contributed by atoms with Crippen molar-refractivity contribution in [2.75, 3.05) is 6.54 Å². The summed E-state index contributed by atoms with van der Waals surface area (Å²) in [6.45, 7) is -0.630. The Bertz CT molecular complexity index is 197. The molecule has 6 heteroatoms. The predicted octanol–water partition coefficient (Wildman–Crippen LogP) is 1.78. The Balaban J connectivity index is 2.29. The average molecular weight is 229 g/mol. The summed E-state index contributed by atoms with van der Waals surface area (Å²) in [5, 5.41) is 11.1. The van der Waals surface area contributed by atoms with Crippen molar-refractivity contribution >= 4 is 0 Å². The molecule has 1 rings (SSSR count). The van der Waals surface area contributed by atoms with E-state index in [0.717, 1.165) is 12.8 Å². The molecule has 0 saturated heterocycles. The Hall–Kier alpha value is -0.360. The fraction of sp³-hybridized carbons (Fsp3) is 1.00. The largest absolute Gasteiger partial charge is 0.415 e. The Morgan fingerprint density at radius 1 is 1.27 bits per heavy atom. The van der Waals surface area contributed by atoms with Crippen LogP contribution in [0.3, 0.4) is 0 Å². The van der Waals surface area contributed by atoms with Gasteiger partial charge in [-0.2, -0.15) is 13.2 Å². The van der Waals surface area contributed by atoms with Crippen LogP contribution in [0.15, 0.2) is 0 Å². The minimum atomic E-state index is -4.63. The van der Waals surface area contributed by atoms with Crippen LogP contribution in [0.4, 0.5) is 17.6 Å². The third-order valence-electron chi connectivity index (χ3n) is 2.63. The highest BCUT2D eigenvalue weighted by Gasteiger charge is 2.38. The molecule has 0 bridgehead atoms. The number of halogens is 4. The summed E-state index contributed by atoms with van der Waals surface area (Å²) < 4.78 is 48.9. The molecule has 0 spiro atoms. The quantitative estimate of drug-likeness (QED) is 0.723. The van der Waals surface area contributed by atoms with Crippen molar-refractivity contribution in [3.63, 3.8) is 0 Å². The molecule has 0 aliphatic heterocycles. The molecule has 0 radical (unpaired) electrons. The first-order valence-corrected chi connectivity index (χ1v) is 5.03. The van der Waals surface area contributed by atoms with Crippen LogP contribution in [0.25, 0.3) is 0 Å². The lowest BCUT2D eigenvalue weighted by Gasteiger charge is -2.28. The first-order chi connectivity index (χ1) is 6.91. The van der Waals surface area contributed by atoms with E-state index in [9.17, 15) is 17.6 Å². The van der Waals surface area contributed by atoms with Crippen LogP contribution in [0.2, 0.25) is 0 Å². The van der Waals surface area contributed by atoms with Crippen LogP contribution in [0.1, 0.15) is 25.7 Å². The van der Waals surface area contributed by atoms with E-state index in [2.05, 4.69) is 5.32 Å². The Labute approximate surface area is 85.7 Å². The van der Waals surface area contributed by atoms with Gasteiger partial charge in [-0.3, -0.25) is 0 Å². The molecule has 90 valence electrons. The van der Waals surface area contributed by atoms with Gasteiger partial charge in [0.2, 0.25) is 0 Å². The summed E-state index contributed by atoms with van der Waals surface area (Å²) in [4.78, 5) is 0. The molecule has 0 aromatic carbocycles. The van der Waals surface area contributed by atoms with Crippen molar-refractivity contribution in [2.45, 2.75) is 50.2 Å². The van der Waals surface area contributed by atoms with Gasteiger partial charge >= 0.3 is 6.18 Å². The average Bonchev–Trinajstić information content (AvgIpc) is 2.14. The van der Waals surface area contributed by atoms with E-state index in [1.54, 1.807) is 0 Å². The first-order valence-electron chi connectivity index (χ1n) is 5.03. The zero-order valence-corrected chi connectivity index (χ0v) is 8.23. The van der Waals surface area contributed by atoms with Gasteiger partial charge in [-0.05, 0) is 12.8 Å². The van der Waals surface area contributed by atoms with Gasteiger partial charge in [-0.25, -0.2) is 4.39 Å². The van der Waals surface area contributed by atoms with Gasteiger partial charge in [0.15, 0.2) is 6.10 Å². The van der Waals surface area contributed by atoms with E-state index in [1.807, 2.05) is 0 Å². The predicted molar refractivity (Wildman–Crippen MR) is 47.2 cm³/mol. The molecule has 15 heavy (non-hydrogen) atoms. The maximum absolute atomic E-state index is 13.2. The van der Waals surface area contributed by atoms with Crippen molar-refractivity contribution in [2.24, 2.45) is 0 Å². The van der Waals surface area contributed by atoms with Crippen molar-refractivity contribution in [3.8, 4) is 0 Å². The van der Waals surface area contributed by atoms with Gasteiger partial charge in [0.05, 0.1) is 0 Å². The third-order valence-corrected chi connectivity index (χ3v) is 2.63. The van der Waals surface area contributed by atoms with E-state index >= 15 is 0 Å². The molecule has 1 fully saturated rings. The van der Waals surface area contributed by atoms with Gasteiger partial charge < -0.3 is 10.4 Å². The number of alkyl halides is 4. The molecular formula is C9H15F4NO. The highest BCUT2D eigenvalue weighted by molar-refractivity contribution is 4.82. The van der Waals surface area contributed by atoms with Gasteiger partial charge in [0.1, 0.15) is 6.17 Å². The van der Waals surface area contributed by atoms with E-state index in [-0.39, 0.29) is 0 Å². The van der Waals surface area contributed by atoms with Crippen molar-refractivity contribution in [3.05, 3.63) is 0 Å². The topological polar surface area (TPSA) is 32.3 Å². The van der Waals surface area contributed by atoms with Crippen molar-refractivity contribution < 1.29 is 22.7 Å². The second-order valence-corrected chi connectivity index (χ2v) is 3.87. The zero-order valence-electron chi connectivity index (χ0n) is 8.23. The Kier molecular flexibility index (Phi) is 4.33. The SMILES string of the molecule is OC(CN[C@@H]1CCCC[C@H]1F)C(F)(F)F. The number of hydrogen-bond acceptors (Lipinski definition) is 2. The summed E-state index contributed by atoms with van der Waals surface area (Å²) in [5.41, 5.74) is 0. The van der Waals surface area contributed by atoms with Gasteiger partial charge in [0.25, 0.3) is 0 Å². The van der Waals surface area contributed by atoms with Crippen molar-refractivity contribution in [1.82, 2.24) is 5.32 Å². The molecule has 1 unspecified atom stereocenters. The minimum Gasteiger partial charge on any atom is -0.382 e. The van der Waals surface area contributed by atoms with Gasteiger partial charge in [-0.15, -0.1) is 0 Å². The zero-order chi connectivity index (χ0) is 11.5. The molecule has 1 saturated carbocycles. The smallest absolute Gasteiger partial charge is 0.382 e. The van der Waals surface area contributed by atoms with Crippen LogP contribution < -0.4 is 5.32 Å². The van der Waals surface area contributed by atoms with E-state index < -0.39 is 31.0 Å². The summed E-state index contributed by atoms with van der Waals surface area (Å²) in [7, 11) is 0. The lowest BCUT2D eigenvalue weighted by atomic mass is 9.93. The molecule has 0 aromatic rings. The highest BCUT2D eigenvalue weighted by Crippen LogP contribution is 2.23. The van der Waals surface area contributed by atoms with Crippen LogP contribution in [-0.4, -0.2) is 36.1 Å². The molecule has 1 aliphatic rings. The lowest BCUT2D eigenvalue weighted by molar-refractivity contribution is -0.202. The number of rotatable bonds is 3. The number of nitrogens with one attached hydrogen (secondary N) is 1. The van der Waals surface area contributed by atoms with Crippen LogP contribution in [0, 0.1) is 0 Å². The molecule has 2 N–H and O–H groups in total. The van der Waals surface area contributed by atoms with Crippen molar-refractivity contribution in [1.29, 1.82) is 0 Å². The van der Waals surface area contributed by atoms with E-state index in [1.165, 1.54) is 0 Å². The van der Waals surface area contributed by atoms with Crippen LogP contribution >= 0.6 is 0 Å². The Morgan fingerprint density at radius 3 is 2.40 bits per heavy atom.